The van der Waals surface area contributed by atoms with E-state index < -0.39 is 0 Å². The van der Waals surface area contributed by atoms with Crippen molar-refractivity contribution in [3.8, 4) is 0 Å². The molecule has 2 aromatic rings. The summed E-state index contributed by atoms with van der Waals surface area (Å²) < 4.78 is 0. The Morgan fingerprint density at radius 2 is 2.11 bits per heavy atom. The van der Waals surface area contributed by atoms with Gasteiger partial charge in [-0.05, 0) is 36.6 Å². The van der Waals surface area contributed by atoms with Crippen LogP contribution in [0.1, 0.15) is 16.8 Å². The van der Waals surface area contributed by atoms with Crippen molar-refractivity contribution in [3.63, 3.8) is 0 Å². The van der Waals surface area contributed by atoms with Gasteiger partial charge in [-0.25, -0.2) is 0 Å². The number of carbonyl (C=O) groups excluding carboxylic acids is 1. The topological polar surface area (TPSA) is 45.2 Å². The van der Waals surface area contributed by atoms with E-state index >= 15 is 0 Å². The maximum absolute atomic E-state index is 12.5. The van der Waals surface area contributed by atoms with Crippen molar-refractivity contribution in [1.82, 2.24) is 15.2 Å². The Hall–Kier alpha value is -1.94. The Morgan fingerprint density at radius 3 is 3.05 bits per heavy atom. The highest BCUT2D eigenvalue weighted by atomic mass is 16.2. The first kappa shape index (κ1) is 12.1. The molecule has 0 radical (unpaired) electrons. The lowest BCUT2D eigenvalue weighted by Gasteiger charge is -2.20. The molecule has 19 heavy (non-hydrogen) atoms. The fourth-order valence-electron chi connectivity index (χ4n) is 2.45. The molecule has 98 valence electrons. The molecule has 2 heterocycles. The number of benzene rings is 1. The van der Waals surface area contributed by atoms with E-state index in [9.17, 15) is 4.79 Å². The van der Waals surface area contributed by atoms with Crippen LogP contribution in [0.5, 0.6) is 0 Å². The van der Waals surface area contributed by atoms with Crippen LogP contribution in [-0.2, 0) is 0 Å². The molecule has 1 aliphatic heterocycles. The lowest BCUT2D eigenvalue weighted by Crippen LogP contribution is -2.34. The molecule has 0 aliphatic carbocycles. The standard InChI is InChI=1S/C15H17N3O/c19-15(18-8-1-5-16-7-9-18)13-2-3-14-11-17-6-4-12(14)10-13/h2-4,6,10-11,16H,1,5,7-9H2. The minimum atomic E-state index is 0.127. The Labute approximate surface area is 112 Å². The van der Waals surface area contributed by atoms with Gasteiger partial charge in [-0.2, -0.15) is 0 Å². The van der Waals surface area contributed by atoms with Gasteiger partial charge in [0.25, 0.3) is 5.91 Å². The average Bonchev–Trinajstić information content (AvgIpc) is 2.75. The summed E-state index contributed by atoms with van der Waals surface area (Å²) in [5.74, 6) is 0.127. The monoisotopic (exact) mass is 255 g/mol. The summed E-state index contributed by atoms with van der Waals surface area (Å²) in [6, 6.07) is 7.75. The molecule has 0 atom stereocenters. The highest BCUT2D eigenvalue weighted by Gasteiger charge is 2.17. The first-order valence-electron chi connectivity index (χ1n) is 6.68. The van der Waals surface area contributed by atoms with E-state index in [4.69, 9.17) is 0 Å². The highest BCUT2D eigenvalue weighted by Crippen LogP contribution is 2.16. The van der Waals surface area contributed by atoms with Crippen LogP contribution in [0.15, 0.2) is 36.7 Å². The maximum Gasteiger partial charge on any atom is 0.253 e. The number of aromatic nitrogens is 1. The average molecular weight is 255 g/mol. The third-order valence-corrected chi connectivity index (χ3v) is 3.51. The van der Waals surface area contributed by atoms with Gasteiger partial charge in [0.15, 0.2) is 0 Å². The van der Waals surface area contributed by atoms with E-state index in [-0.39, 0.29) is 5.91 Å². The molecular weight excluding hydrogens is 238 g/mol. The fraction of sp³-hybridized carbons (Fsp3) is 0.333. The summed E-state index contributed by atoms with van der Waals surface area (Å²) >= 11 is 0. The van der Waals surface area contributed by atoms with Crippen LogP contribution in [0.3, 0.4) is 0 Å². The first-order chi connectivity index (χ1) is 9.34. The smallest absolute Gasteiger partial charge is 0.253 e. The van der Waals surface area contributed by atoms with Gasteiger partial charge in [-0.1, -0.05) is 6.07 Å². The van der Waals surface area contributed by atoms with E-state index in [1.54, 1.807) is 6.20 Å². The Bertz CT molecular complexity index is 589. The second-order valence-corrected chi connectivity index (χ2v) is 4.83. The molecule has 3 rings (SSSR count). The van der Waals surface area contributed by atoms with Crippen LogP contribution in [0, 0.1) is 0 Å². The number of hydrogen-bond donors (Lipinski definition) is 1. The number of amides is 1. The van der Waals surface area contributed by atoms with E-state index in [0.717, 1.165) is 48.9 Å². The van der Waals surface area contributed by atoms with Crippen molar-refractivity contribution in [2.45, 2.75) is 6.42 Å². The molecule has 0 spiro atoms. The van der Waals surface area contributed by atoms with Gasteiger partial charge in [0.05, 0.1) is 0 Å². The van der Waals surface area contributed by atoms with E-state index in [0.29, 0.717) is 0 Å². The Kier molecular flexibility index (Phi) is 3.42. The molecule has 1 saturated heterocycles. The van der Waals surface area contributed by atoms with Crippen molar-refractivity contribution in [3.05, 3.63) is 42.2 Å². The minimum Gasteiger partial charge on any atom is -0.337 e. The third kappa shape index (κ3) is 2.58. The molecule has 0 bridgehead atoms. The molecule has 1 aromatic heterocycles. The Balaban J connectivity index is 1.88. The van der Waals surface area contributed by atoms with Crippen molar-refractivity contribution in [2.75, 3.05) is 26.2 Å². The maximum atomic E-state index is 12.5. The number of nitrogens with one attached hydrogen (secondary N) is 1. The molecule has 1 aliphatic rings. The number of fused-ring (bicyclic) bond motifs is 1. The molecular formula is C15H17N3O. The van der Waals surface area contributed by atoms with E-state index in [1.807, 2.05) is 35.4 Å². The number of nitrogens with zero attached hydrogens (tertiary/aromatic N) is 2. The third-order valence-electron chi connectivity index (χ3n) is 3.51. The van der Waals surface area contributed by atoms with Crippen LogP contribution in [0.2, 0.25) is 0 Å². The lowest BCUT2D eigenvalue weighted by molar-refractivity contribution is 0.0766. The van der Waals surface area contributed by atoms with Crippen molar-refractivity contribution in [2.24, 2.45) is 0 Å². The van der Waals surface area contributed by atoms with Crippen LogP contribution < -0.4 is 5.32 Å². The molecule has 4 heteroatoms. The quantitative estimate of drug-likeness (QED) is 0.843. The van der Waals surface area contributed by atoms with Crippen LogP contribution >= 0.6 is 0 Å². The molecule has 4 nitrogen and oxygen atoms in total. The molecule has 1 aromatic carbocycles. The van der Waals surface area contributed by atoms with Gasteiger partial charge >= 0.3 is 0 Å². The summed E-state index contributed by atoms with van der Waals surface area (Å²) in [7, 11) is 0. The largest absolute Gasteiger partial charge is 0.337 e. The SMILES string of the molecule is O=C(c1ccc2cnccc2c1)N1CCCNCC1. The van der Waals surface area contributed by atoms with Gasteiger partial charge in [0.2, 0.25) is 0 Å². The second kappa shape index (κ2) is 5.36. The zero-order valence-electron chi connectivity index (χ0n) is 10.8. The van der Waals surface area contributed by atoms with Crippen LogP contribution in [0.4, 0.5) is 0 Å². The number of carbonyl (C=O) groups is 1. The normalized spacial score (nSPS) is 16.3. The number of hydrogen-bond acceptors (Lipinski definition) is 3. The van der Waals surface area contributed by atoms with Crippen LogP contribution in [0.25, 0.3) is 10.8 Å². The van der Waals surface area contributed by atoms with Gasteiger partial charge < -0.3 is 10.2 Å². The van der Waals surface area contributed by atoms with Gasteiger partial charge in [0.1, 0.15) is 0 Å². The van der Waals surface area contributed by atoms with Crippen molar-refractivity contribution < 1.29 is 4.79 Å². The van der Waals surface area contributed by atoms with Gasteiger partial charge in [0, 0.05) is 43.0 Å². The van der Waals surface area contributed by atoms with Crippen molar-refractivity contribution >= 4 is 16.7 Å². The zero-order valence-corrected chi connectivity index (χ0v) is 10.8. The van der Waals surface area contributed by atoms with Gasteiger partial charge in [-0.3, -0.25) is 9.78 Å². The fourth-order valence-corrected chi connectivity index (χ4v) is 2.45. The van der Waals surface area contributed by atoms with Crippen LogP contribution in [-0.4, -0.2) is 42.0 Å². The summed E-state index contributed by atoms with van der Waals surface area (Å²) in [5, 5.41) is 5.44. The summed E-state index contributed by atoms with van der Waals surface area (Å²) in [5.41, 5.74) is 0.764. The van der Waals surface area contributed by atoms with Crippen molar-refractivity contribution in [1.29, 1.82) is 0 Å². The highest BCUT2D eigenvalue weighted by molar-refractivity contribution is 5.98. The molecule has 1 fully saturated rings. The molecule has 1 amide bonds. The minimum absolute atomic E-state index is 0.127. The second-order valence-electron chi connectivity index (χ2n) is 4.83. The van der Waals surface area contributed by atoms with E-state index in [2.05, 4.69) is 10.3 Å². The predicted molar refractivity (Wildman–Crippen MR) is 75.1 cm³/mol. The molecule has 1 N–H and O–H groups in total. The van der Waals surface area contributed by atoms with Gasteiger partial charge in [-0.15, -0.1) is 0 Å². The van der Waals surface area contributed by atoms with E-state index in [1.165, 1.54) is 0 Å². The first-order valence-corrected chi connectivity index (χ1v) is 6.68. The molecule has 0 saturated carbocycles. The zero-order chi connectivity index (χ0) is 13.1. The summed E-state index contributed by atoms with van der Waals surface area (Å²) in [6.45, 7) is 3.49. The predicted octanol–water partition coefficient (Wildman–Crippen LogP) is 1.67. The summed E-state index contributed by atoms with van der Waals surface area (Å²) in [6.07, 6.45) is 4.59. The lowest BCUT2D eigenvalue weighted by atomic mass is 10.1. The molecule has 0 unspecified atom stereocenters. The summed E-state index contributed by atoms with van der Waals surface area (Å²) in [4.78, 5) is 18.5. The number of rotatable bonds is 1. The Morgan fingerprint density at radius 1 is 1.16 bits per heavy atom. The number of pyridine rings is 1.